The van der Waals surface area contributed by atoms with Crippen LogP contribution in [0.4, 0.5) is 0 Å². The van der Waals surface area contributed by atoms with Crippen molar-refractivity contribution in [3.05, 3.63) is 35.9 Å². The number of hydrogen-bond donors (Lipinski definition) is 0. The molecule has 1 atom stereocenters. The standard InChI is InChI=1S/C9H9NO/c11-7-10-6-9(10)8-4-2-1-3-5-8/h1-5,7,9H,6H2/t9-,10?/m0/s1. The minimum atomic E-state index is 0.355. The summed E-state index contributed by atoms with van der Waals surface area (Å²) in [5, 5.41) is 0. The molecule has 1 aromatic carbocycles. The van der Waals surface area contributed by atoms with E-state index in [-0.39, 0.29) is 0 Å². The van der Waals surface area contributed by atoms with Gasteiger partial charge in [0.15, 0.2) is 0 Å². The molecular weight excluding hydrogens is 138 g/mol. The van der Waals surface area contributed by atoms with Gasteiger partial charge in [-0.2, -0.15) is 0 Å². The third-order valence-electron chi connectivity index (χ3n) is 1.97. The summed E-state index contributed by atoms with van der Waals surface area (Å²) in [6.07, 6.45) is 0.900. The van der Waals surface area contributed by atoms with Crippen LogP contribution in [0.2, 0.25) is 0 Å². The molecule has 1 aliphatic rings. The second-order valence-electron chi connectivity index (χ2n) is 2.73. The molecule has 2 rings (SSSR count). The average Bonchev–Trinajstić information content (AvgIpc) is 2.85. The Bertz CT molecular complexity index is 258. The molecule has 2 heteroatoms. The van der Waals surface area contributed by atoms with Gasteiger partial charge in [-0.25, -0.2) is 0 Å². The molecule has 1 aromatic rings. The van der Waals surface area contributed by atoms with Gasteiger partial charge in [-0.1, -0.05) is 30.3 Å². The largest absolute Gasteiger partial charge is 0.334 e. The molecule has 0 spiro atoms. The van der Waals surface area contributed by atoms with Crippen molar-refractivity contribution < 1.29 is 4.79 Å². The Hall–Kier alpha value is -1.31. The van der Waals surface area contributed by atoms with Crippen molar-refractivity contribution in [2.24, 2.45) is 0 Å². The van der Waals surface area contributed by atoms with Crippen LogP contribution in [0.3, 0.4) is 0 Å². The van der Waals surface area contributed by atoms with Gasteiger partial charge in [0.2, 0.25) is 6.41 Å². The maximum absolute atomic E-state index is 10.3. The Balaban J connectivity index is 2.14. The van der Waals surface area contributed by atoms with Crippen LogP contribution < -0.4 is 0 Å². The number of nitrogens with zero attached hydrogens (tertiary/aromatic N) is 1. The molecular formula is C9H9NO. The minimum absolute atomic E-state index is 0.355. The molecule has 1 fully saturated rings. The Morgan fingerprint density at radius 2 is 2.09 bits per heavy atom. The molecule has 56 valence electrons. The predicted molar refractivity (Wildman–Crippen MR) is 42.0 cm³/mol. The number of rotatable bonds is 2. The second kappa shape index (κ2) is 2.38. The zero-order valence-electron chi connectivity index (χ0n) is 6.10. The summed E-state index contributed by atoms with van der Waals surface area (Å²) in [5.74, 6) is 0. The first-order chi connectivity index (χ1) is 5.42. The fourth-order valence-corrected chi connectivity index (χ4v) is 1.24. The molecule has 0 bridgehead atoms. The molecule has 1 saturated heterocycles. The highest BCUT2D eigenvalue weighted by atomic mass is 16.1. The first kappa shape index (κ1) is 6.40. The lowest BCUT2D eigenvalue weighted by Crippen LogP contribution is -1.91. The number of hydrogen-bond acceptors (Lipinski definition) is 1. The van der Waals surface area contributed by atoms with Gasteiger partial charge in [-0.05, 0) is 5.56 Å². The minimum Gasteiger partial charge on any atom is -0.334 e. The molecule has 0 radical (unpaired) electrons. The van der Waals surface area contributed by atoms with Crippen LogP contribution >= 0.6 is 0 Å². The monoisotopic (exact) mass is 147 g/mol. The van der Waals surface area contributed by atoms with Gasteiger partial charge in [-0.3, -0.25) is 4.79 Å². The summed E-state index contributed by atoms with van der Waals surface area (Å²) in [4.78, 5) is 12.0. The summed E-state index contributed by atoms with van der Waals surface area (Å²) < 4.78 is 0. The number of benzene rings is 1. The molecule has 0 unspecified atom stereocenters. The van der Waals surface area contributed by atoms with E-state index in [9.17, 15) is 4.79 Å². The van der Waals surface area contributed by atoms with E-state index in [2.05, 4.69) is 0 Å². The molecule has 1 amide bonds. The van der Waals surface area contributed by atoms with Crippen LogP contribution in [0, 0.1) is 0 Å². The van der Waals surface area contributed by atoms with Gasteiger partial charge >= 0.3 is 0 Å². The number of amides is 1. The van der Waals surface area contributed by atoms with Crippen molar-refractivity contribution in [1.82, 2.24) is 4.90 Å². The van der Waals surface area contributed by atoms with E-state index in [1.54, 1.807) is 4.90 Å². The van der Waals surface area contributed by atoms with Gasteiger partial charge < -0.3 is 4.90 Å². The lowest BCUT2D eigenvalue weighted by atomic mass is 10.2. The van der Waals surface area contributed by atoms with E-state index < -0.39 is 0 Å². The summed E-state index contributed by atoms with van der Waals surface area (Å²) in [6.45, 7) is 0.882. The molecule has 0 aromatic heterocycles. The maximum atomic E-state index is 10.3. The lowest BCUT2D eigenvalue weighted by Gasteiger charge is -1.95. The van der Waals surface area contributed by atoms with Gasteiger partial charge in [0.25, 0.3) is 0 Å². The molecule has 1 heterocycles. The SMILES string of the molecule is O=CN1C[C@H]1c1ccccc1. The summed E-state index contributed by atoms with van der Waals surface area (Å²) >= 11 is 0. The van der Waals surface area contributed by atoms with E-state index in [1.807, 2.05) is 30.3 Å². The van der Waals surface area contributed by atoms with E-state index >= 15 is 0 Å². The smallest absolute Gasteiger partial charge is 0.210 e. The van der Waals surface area contributed by atoms with Gasteiger partial charge in [0.05, 0.1) is 6.04 Å². The summed E-state index contributed by atoms with van der Waals surface area (Å²) in [5.41, 5.74) is 1.24. The Morgan fingerprint density at radius 1 is 1.36 bits per heavy atom. The first-order valence-electron chi connectivity index (χ1n) is 3.68. The number of carbonyl (C=O) groups excluding carboxylic acids is 1. The van der Waals surface area contributed by atoms with Crippen LogP contribution in [0.5, 0.6) is 0 Å². The average molecular weight is 147 g/mol. The fraction of sp³-hybridized carbons (Fsp3) is 0.222. The second-order valence-corrected chi connectivity index (χ2v) is 2.73. The summed E-state index contributed by atoms with van der Waals surface area (Å²) in [6, 6.07) is 10.4. The normalized spacial score (nSPS) is 21.5. The van der Waals surface area contributed by atoms with E-state index in [1.165, 1.54) is 5.56 Å². The Labute approximate surface area is 65.4 Å². The molecule has 11 heavy (non-hydrogen) atoms. The van der Waals surface area contributed by atoms with E-state index in [4.69, 9.17) is 0 Å². The topological polar surface area (TPSA) is 20.1 Å². The fourth-order valence-electron chi connectivity index (χ4n) is 1.24. The lowest BCUT2D eigenvalue weighted by molar-refractivity contribution is -0.113. The predicted octanol–water partition coefficient (Wildman–Crippen LogP) is 1.20. The van der Waals surface area contributed by atoms with Gasteiger partial charge in [-0.15, -0.1) is 0 Å². The van der Waals surface area contributed by atoms with Crippen molar-refractivity contribution in [3.8, 4) is 0 Å². The molecule has 0 aliphatic carbocycles. The quantitative estimate of drug-likeness (QED) is 0.454. The zero-order valence-corrected chi connectivity index (χ0v) is 6.10. The Morgan fingerprint density at radius 3 is 2.64 bits per heavy atom. The summed E-state index contributed by atoms with van der Waals surface area (Å²) in [7, 11) is 0. The van der Waals surface area contributed by atoms with Crippen molar-refractivity contribution in [3.63, 3.8) is 0 Å². The van der Waals surface area contributed by atoms with E-state index in [0.717, 1.165) is 13.0 Å². The highest BCUT2D eigenvalue weighted by Gasteiger charge is 2.33. The first-order valence-corrected chi connectivity index (χ1v) is 3.68. The third kappa shape index (κ3) is 1.11. The van der Waals surface area contributed by atoms with Crippen LogP contribution in [0.15, 0.2) is 30.3 Å². The third-order valence-corrected chi connectivity index (χ3v) is 1.97. The van der Waals surface area contributed by atoms with Crippen molar-refractivity contribution in [1.29, 1.82) is 0 Å². The Kier molecular flexibility index (Phi) is 1.39. The maximum Gasteiger partial charge on any atom is 0.210 e. The highest BCUT2D eigenvalue weighted by molar-refractivity contribution is 5.53. The number of carbonyl (C=O) groups is 1. The molecule has 0 saturated carbocycles. The molecule has 1 aliphatic heterocycles. The van der Waals surface area contributed by atoms with Crippen molar-refractivity contribution in [2.75, 3.05) is 6.54 Å². The zero-order chi connectivity index (χ0) is 7.68. The van der Waals surface area contributed by atoms with Gasteiger partial charge in [0, 0.05) is 6.54 Å². The van der Waals surface area contributed by atoms with Crippen LogP contribution in [-0.2, 0) is 4.79 Å². The molecule has 0 N–H and O–H groups in total. The van der Waals surface area contributed by atoms with Gasteiger partial charge in [0.1, 0.15) is 0 Å². The van der Waals surface area contributed by atoms with Crippen LogP contribution in [-0.4, -0.2) is 17.9 Å². The van der Waals surface area contributed by atoms with Crippen molar-refractivity contribution in [2.45, 2.75) is 6.04 Å². The van der Waals surface area contributed by atoms with E-state index in [0.29, 0.717) is 6.04 Å². The van der Waals surface area contributed by atoms with Crippen LogP contribution in [0.1, 0.15) is 11.6 Å². The van der Waals surface area contributed by atoms with Crippen molar-refractivity contribution >= 4 is 6.41 Å². The highest BCUT2D eigenvalue weighted by Crippen LogP contribution is 2.31. The molecule has 2 nitrogen and oxygen atoms in total. The van der Waals surface area contributed by atoms with Crippen LogP contribution in [0.25, 0.3) is 0 Å².